The van der Waals surface area contributed by atoms with Gasteiger partial charge in [0.15, 0.2) is 0 Å². The van der Waals surface area contributed by atoms with Gasteiger partial charge in [-0.05, 0) is 36.0 Å². The third-order valence-electron chi connectivity index (χ3n) is 3.83. The standard InChI is InChI=1S/C13H18N2/c14-13-6-2-5-11-8-15(9-12(11)13)7-10-3-1-4-10/h2,5-6,10H,1,3-4,7-9,14H2. The average molecular weight is 202 g/mol. The fourth-order valence-electron chi connectivity index (χ4n) is 2.69. The van der Waals surface area contributed by atoms with Crippen LogP contribution in [0.1, 0.15) is 30.4 Å². The molecule has 2 nitrogen and oxygen atoms in total. The van der Waals surface area contributed by atoms with Crippen molar-refractivity contribution in [1.82, 2.24) is 4.90 Å². The van der Waals surface area contributed by atoms with E-state index >= 15 is 0 Å². The minimum atomic E-state index is 0.959. The van der Waals surface area contributed by atoms with Crippen molar-refractivity contribution in [3.8, 4) is 0 Å². The normalized spacial score (nSPS) is 21.3. The van der Waals surface area contributed by atoms with Crippen LogP contribution in [0, 0.1) is 5.92 Å². The Labute approximate surface area is 91.1 Å². The van der Waals surface area contributed by atoms with Gasteiger partial charge < -0.3 is 5.73 Å². The highest BCUT2D eigenvalue weighted by molar-refractivity contribution is 5.52. The Morgan fingerprint density at radius 1 is 1.27 bits per heavy atom. The van der Waals surface area contributed by atoms with Crippen molar-refractivity contribution in [3.05, 3.63) is 29.3 Å². The third-order valence-corrected chi connectivity index (χ3v) is 3.83. The number of rotatable bonds is 2. The van der Waals surface area contributed by atoms with Crippen LogP contribution in [0.15, 0.2) is 18.2 Å². The second-order valence-corrected chi connectivity index (χ2v) is 4.95. The van der Waals surface area contributed by atoms with Crippen LogP contribution in [0.25, 0.3) is 0 Å². The first-order valence-corrected chi connectivity index (χ1v) is 5.91. The monoisotopic (exact) mass is 202 g/mol. The summed E-state index contributed by atoms with van der Waals surface area (Å²) in [4.78, 5) is 2.55. The summed E-state index contributed by atoms with van der Waals surface area (Å²) in [5, 5.41) is 0. The first-order chi connectivity index (χ1) is 7.33. The topological polar surface area (TPSA) is 29.3 Å². The SMILES string of the molecule is Nc1cccc2c1CN(CC1CCC1)C2. The summed E-state index contributed by atoms with van der Waals surface area (Å²) in [6, 6.07) is 6.30. The molecule has 0 atom stereocenters. The van der Waals surface area contributed by atoms with Gasteiger partial charge in [-0.25, -0.2) is 0 Å². The zero-order valence-electron chi connectivity index (χ0n) is 9.08. The quantitative estimate of drug-likeness (QED) is 0.746. The molecular formula is C13H18N2. The van der Waals surface area contributed by atoms with Gasteiger partial charge in [-0.2, -0.15) is 0 Å². The third kappa shape index (κ3) is 1.63. The van der Waals surface area contributed by atoms with Crippen molar-refractivity contribution < 1.29 is 0 Å². The molecule has 2 aliphatic rings. The van der Waals surface area contributed by atoms with Gasteiger partial charge in [0.2, 0.25) is 0 Å². The van der Waals surface area contributed by atoms with E-state index in [-0.39, 0.29) is 0 Å². The molecule has 0 aromatic heterocycles. The molecule has 0 unspecified atom stereocenters. The molecule has 2 heteroatoms. The van der Waals surface area contributed by atoms with Gasteiger partial charge in [0, 0.05) is 25.3 Å². The van der Waals surface area contributed by atoms with Crippen LogP contribution in [0.3, 0.4) is 0 Å². The first-order valence-electron chi connectivity index (χ1n) is 5.91. The molecular weight excluding hydrogens is 184 g/mol. The Kier molecular flexibility index (Phi) is 2.17. The second-order valence-electron chi connectivity index (χ2n) is 4.95. The Hall–Kier alpha value is -1.02. The van der Waals surface area contributed by atoms with Crippen LogP contribution in [0.2, 0.25) is 0 Å². The van der Waals surface area contributed by atoms with Crippen molar-refractivity contribution in [1.29, 1.82) is 0 Å². The summed E-state index contributed by atoms with van der Waals surface area (Å²) in [6.07, 6.45) is 4.30. The van der Waals surface area contributed by atoms with Crippen molar-refractivity contribution in [2.24, 2.45) is 5.92 Å². The van der Waals surface area contributed by atoms with E-state index in [0.717, 1.165) is 24.7 Å². The van der Waals surface area contributed by atoms with Crippen molar-refractivity contribution >= 4 is 5.69 Å². The largest absolute Gasteiger partial charge is 0.398 e. The smallest absolute Gasteiger partial charge is 0.0363 e. The molecule has 0 spiro atoms. The Balaban J connectivity index is 1.71. The van der Waals surface area contributed by atoms with E-state index in [0.29, 0.717) is 0 Å². The minimum Gasteiger partial charge on any atom is -0.398 e. The minimum absolute atomic E-state index is 0.959. The number of fused-ring (bicyclic) bond motifs is 1. The van der Waals surface area contributed by atoms with Crippen LogP contribution < -0.4 is 5.73 Å². The molecule has 1 heterocycles. The summed E-state index contributed by atoms with van der Waals surface area (Å²) in [7, 11) is 0. The van der Waals surface area contributed by atoms with Gasteiger partial charge in [-0.3, -0.25) is 4.90 Å². The molecule has 0 saturated heterocycles. The summed E-state index contributed by atoms with van der Waals surface area (Å²) in [5.41, 5.74) is 9.77. The Bertz CT molecular complexity index is 369. The highest BCUT2D eigenvalue weighted by Crippen LogP contribution is 2.32. The lowest BCUT2D eigenvalue weighted by Crippen LogP contribution is -2.28. The van der Waals surface area contributed by atoms with E-state index in [1.165, 1.54) is 36.9 Å². The number of nitrogen functional groups attached to an aromatic ring is 1. The lowest BCUT2D eigenvalue weighted by atomic mass is 9.85. The number of nitrogens with zero attached hydrogens (tertiary/aromatic N) is 1. The molecule has 1 fully saturated rings. The van der Waals surface area contributed by atoms with Crippen LogP contribution in [-0.4, -0.2) is 11.4 Å². The molecule has 1 aliphatic heterocycles. The Morgan fingerprint density at radius 3 is 2.80 bits per heavy atom. The van der Waals surface area contributed by atoms with Crippen molar-refractivity contribution in [3.63, 3.8) is 0 Å². The van der Waals surface area contributed by atoms with E-state index in [4.69, 9.17) is 5.73 Å². The predicted molar refractivity (Wildman–Crippen MR) is 62.3 cm³/mol. The highest BCUT2D eigenvalue weighted by atomic mass is 15.1. The summed E-state index contributed by atoms with van der Waals surface area (Å²) in [6.45, 7) is 3.45. The molecule has 15 heavy (non-hydrogen) atoms. The molecule has 0 radical (unpaired) electrons. The molecule has 3 rings (SSSR count). The summed E-state index contributed by atoms with van der Waals surface area (Å²) < 4.78 is 0. The van der Waals surface area contributed by atoms with Gasteiger partial charge in [-0.1, -0.05) is 18.6 Å². The van der Waals surface area contributed by atoms with E-state index in [1.807, 2.05) is 6.07 Å². The molecule has 1 aromatic rings. The van der Waals surface area contributed by atoms with Crippen LogP contribution in [0.5, 0.6) is 0 Å². The molecule has 1 aromatic carbocycles. The van der Waals surface area contributed by atoms with Crippen LogP contribution >= 0.6 is 0 Å². The van der Waals surface area contributed by atoms with Crippen molar-refractivity contribution in [2.75, 3.05) is 12.3 Å². The number of benzene rings is 1. The molecule has 0 bridgehead atoms. The van der Waals surface area contributed by atoms with E-state index < -0.39 is 0 Å². The fourth-order valence-corrected chi connectivity index (χ4v) is 2.69. The maximum atomic E-state index is 5.98. The molecule has 1 aliphatic carbocycles. The summed E-state index contributed by atoms with van der Waals surface area (Å²) in [5.74, 6) is 0.959. The van der Waals surface area contributed by atoms with Crippen LogP contribution in [0.4, 0.5) is 5.69 Å². The molecule has 80 valence electrons. The number of hydrogen-bond acceptors (Lipinski definition) is 2. The molecule has 2 N–H and O–H groups in total. The zero-order valence-corrected chi connectivity index (χ0v) is 9.08. The lowest BCUT2D eigenvalue weighted by molar-refractivity contribution is 0.179. The number of hydrogen-bond donors (Lipinski definition) is 1. The maximum absolute atomic E-state index is 5.98. The first kappa shape index (κ1) is 9.22. The van der Waals surface area contributed by atoms with E-state index in [9.17, 15) is 0 Å². The average Bonchev–Trinajstić information content (AvgIpc) is 2.56. The predicted octanol–water partition coefficient (Wildman–Crippen LogP) is 2.38. The van der Waals surface area contributed by atoms with Crippen LogP contribution in [-0.2, 0) is 13.1 Å². The lowest BCUT2D eigenvalue weighted by Gasteiger charge is -2.29. The zero-order chi connectivity index (χ0) is 10.3. The maximum Gasteiger partial charge on any atom is 0.0363 e. The van der Waals surface area contributed by atoms with Gasteiger partial charge in [-0.15, -0.1) is 0 Å². The van der Waals surface area contributed by atoms with E-state index in [2.05, 4.69) is 17.0 Å². The molecule has 1 saturated carbocycles. The van der Waals surface area contributed by atoms with Gasteiger partial charge >= 0.3 is 0 Å². The second kappa shape index (κ2) is 3.53. The van der Waals surface area contributed by atoms with Gasteiger partial charge in [0.25, 0.3) is 0 Å². The fraction of sp³-hybridized carbons (Fsp3) is 0.538. The highest BCUT2D eigenvalue weighted by Gasteiger charge is 2.25. The number of anilines is 1. The van der Waals surface area contributed by atoms with E-state index in [1.54, 1.807) is 0 Å². The van der Waals surface area contributed by atoms with Gasteiger partial charge in [0.1, 0.15) is 0 Å². The molecule has 0 amide bonds. The van der Waals surface area contributed by atoms with Gasteiger partial charge in [0.05, 0.1) is 0 Å². The van der Waals surface area contributed by atoms with Crippen molar-refractivity contribution in [2.45, 2.75) is 32.4 Å². The number of nitrogens with two attached hydrogens (primary N) is 1. The summed E-state index contributed by atoms with van der Waals surface area (Å²) >= 11 is 0. The Morgan fingerprint density at radius 2 is 2.13 bits per heavy atom.